The van der Waals surface area contributed by atoms with Crippen LogP contribution in [0.3, 0.4) is 0 Å². The lowest BCUT2D eigenvalue weighted by Crippen LogP contribution is -2.16. The van der Waals surface area contributed by atoms with Crippen LogP contribution in [0.15, 0.2) is 36.4 Å². The van der Waals surface area contributed by atoms with Crippen molar-refractivity contribution in [2.45, 2.75) is 20.3 Å². The Kier molecular flexibility index (Phi) is 5.68. The molecule has 1 N–H and O–H groups in total. The number of carbonyl (C=O) groups excluding carboxylic acids is 1. The van der Waals surface area contributed by atoms with Crippen molar-refractivity contribution in [1.82, 2.24) is 4.98 Å². The largest absolute Gasteiger partial charge is 0.493 e. The van der Waals surface area contributed by atoms with E-state index in [1.807, 2.05) is 38.1 Å². The molecule has 6 heteroatoms. The number of anilines is 1. The van der Waals surface area contributed by atoms with Gasteiger partial charge in [-0.1, -0.05) is 18.2 Å². The Balaban J connectivity index is 1.88. The highest BCUT2D eigenvalue weighted by molar-refractivity contribution is 5.94. The molecule has 6 nitrogen and oxygen atoms in total. The second-order valence-corrected chi connectivity index (χ2v) is 6.46. The topological polar surface area (TPSA) is 69.7 Å². The number of benzene rings is 2. The van der Waals surface area contributed by atoms with Crippen molar-refractivity contribution in [2.24, 2.45) is 0 Å². The van der Waals surface area contributed by atoms with Crippen LogP contribution in [0.5, 0.6) is 17.2 Å². The number of rotatable bonds is 6. The van der Waals surface area contributed by atoms with Crippen LogP contribution in [-0.2, 0) is 11.2 Å². The fourth-order valence-corrected chi connectivity index (χ4v) is 3.35. The lowest BCUT2D eigenvalue weighted by Gasteiger charge is -2.15. The Morgan fingerprint density at radius 3 is 2.25 bits per heavy atom. The Hall–Kier alpha value is -3.28. The molecule has 146 valence electrons. The quantitative estimate of drug-likeness (QED) is 0.698. The number of methoxy groups -OCH3 is 3. The first-order valence-corrected chi connectivity index (χ1v) is 8.93. The van der Waals surface area contributed by atoms with E-state index in [1.54, 1.807) is 12.1 Å². The van der Waals surface area contributed by atoms with Gasteiger partial charge in [0.25, 0.3) is 0 Å². The fraction of sp³-hybridized carbons (Fsp3) is 0.273. The van der Waals surface area contributed by atoms with Crippen molar-refractivity contribution in [1.29, 1.82) is 0 Å². The summed E-state index contributed by atoms with van der Waals surface area (Å²) in [4.78, 5) is 17.4. The van der Waals surface area contributed by atoms with Crippen LogP contribution < -0.4 is 19.5 Å². The van der Waals surface area contributed by atoms with E-state index in [-0.39, 0.29) is 12.3 Å². The first-order chi connectivity index (χ1) is 13.5. The van der Waals surface area contributed by atoms with E-state index in [4.69, 9.17) is 14.2 Å². The van der Waals surface area contributed by atoms with E-state index in [1.165, 1.54) is 21.3 Å². The van der Waals surface area contributed by atoms with E-state index in [0.29, 0.717) is 22.9 Å². The fourth-order valence-electron chi connectivity index (χ4n) is 3.35. The van der Waals surface area contributed by atoms with Crippen molar-refractivity contribution in [2.75, 3.05) is 26.6 Å². The first-order valence-electron chi connectivity index (χ1n) is 8.93. The second kappa shape index (κ2) is 8.17. The zero-order chi connectivity index (χ0) is 20.3. The van der Waals surface area contributed by atoms with E-state index in [0.717, 1.165) is 27.7 Å². The molecular formula is C22H24N2O4. The van der Waals surface area contributed by atoms with Crippen molar-refractivity contribution in [3.8, 4) is 17.2 Å². The van der Waals surface area contributed by atoms with Crippen molar-refractivity contribution in [3.63, 3.8) is 0 Å². The SMILES string of the molecule is COc1cc(NC(=O)Cc2c(C)nc3ccccc3c2C)cc(OC)c1OC. The van der Waals surface area contributed by atoms with Crippen LogP contribution >= 0.6 is 0 Å². The molecule has 2 aromatic carbocycles. The Morgan fingerprint density at radius 1 is 1.00 bits per heavy atom. The molecule has 0 atom stereocenters. The number of carbonyl (C=O) groups is 1. The lowest BCUT2D eigenvalue weighted by atomic mass is 9.99. The molecule has 0 unspecified atom stereocenters. The van der Waals surface area contributed by atoms with E-state index < -0.39 is 0 Å². The highest BCUT2D eigenvalue weighted by atomic mass is 16.5. The van der Waals surface area contributed by atoms with Gasteiger partial charge in [-0.25, -0.2) is 0 Å². The molecule has 3 aromatic rings. The number of aromatic nitrogens is 1. The van der Waals surface area contributed by atoms with Gasteiger partial charge in [0.2, 0.25) is 11.7 Å². The number of aryl methyl sites for hydroxylation is 2. The highest BCUT2D eigenvalue weighted by Gasteiger charge is 2.16. The summed E-state index contributed by atoms with van der Waals surface area (Å²) >= 11 is 0. The lowest BCUT2D eigenvalue weighted by molar-refractivity contribution is -0.115. The maximum atomic E-state index is 12.7. The minimum atomic E-state index is -0.141. The van der Waals surface area contributed by atoms with Gasteiger partial charge in [-0.3, -0.25) is 9.78 Å². The van der Waals surface area contributed by atoms with Gasteiger partial charge >= 0.3 is 0 Å². The molecule has 0 aliphatic rings. The number of hydrogen-bond donors (Lipinski definition) is 1. The van der Waals surface area contributed by atoms with Gasteiger partial charge in [0, 0.05) is 28.9 Å². The van der Waals surface area contributed by atoms with Gasteiger partial charge in [-0.2, -0.15) is 0 Å². The predicted octanol–water partition coefficient (Wildman–Crippen LogP) is 4.06. The van der Waals surface area contributed by atoms with Crippen LogP contribution in [0, 0.1) is 13.8 Å². The minimum absolute atomic E-state index is 0.141. The van der Waals surface area contributed by atoms with Gasteiger partial charge in [0.05, 0.1) is 33.3 Å². The molecule has 28 heavy (non-hydrogen) atoms. The zero-order valence-corrected chi connectivity index (χ0v) is 16.8. The summed E-state index contributed by atoms with van der Waals surface area (Å²) in [5, 5.41) is 3.97. The van der Waals surface area contributed by atoms with Crippen molar-refractivity contribution >= 4 is 22.5 Å². The average Bonchev–Trinajstić information content (AvgIpc) is 2.70. The molecular weight excluding hydrogens is 356 g/mol. The molecule has 0 saturated heterocycles. The third-order valence-corrected chi connectivity index (χ3v) is 4.77. The molecule has 0 aliphatic heterocycles. The normalized spacial score (nSPS) is 10.6. The summed E-state index contributed by atoms with van der Waals surface area (Å²) < 4.78 is 16.0. The first kappa shape index (κ1) is 19.5. The predicted molar refractivity (Wildman–Crippen MR) is 110 cm³/mol. The number of para-hydroxylation sites is 1. The molecule has 0 aliphatic carbocycles. The molecule has 0 bridgehead atoms. The average molecular weight is 380 g/mol. The van der Waals surface area contributed by atoms with Crippen LogP contribution in [0.4, 0.5) is 5.69 Å². The van der Waals surface area contributed by atoms with Crippen LogP contribution in [0.25, 0.3) is 10.9 Å². The monoisotopic (exact) mass is 380 g/mol. The summed E-state index contributed by atoms with van der Waals surface area (Å²) in [5.74, 6) is 1.31. The second-order valence-electron chi connectivity index (χ2n) is 6.46. The van der Waals surface area contributed by atoms with Crippen LogP contribution in [0.1, 0.15) is 16.8 Å². The molecule has 1 heterocycles. The standard InChI is InChI=1S/C22H24N2O4/c1-13-16-8-6-7-9-18(16)23-14(2)17(13)12-21(25)24-15-10-19(26-3)22(28-5)20(11-15)27-4/h6-11H,12H2,1-5H3,(H,24,25). The molecule has 0 fully saturated rings. The number of nitrogens with one attached hydrogen (secondary N) is 1. The van der Waals surface area contributed by atoms with Crippen molar-refractivity contribution in [3.05, 3.63) is 53.2 Å². The molecule has 0 spiro atoms. The molecule has 1 aromatic heterocycles. The Morgan fingerprint density at radius 2 is 1.64 bits per heavy atom. The van der Waals surface area contributed by atoms with E-state index in [2.05, 4.69) is 10.3 Å². The number of fused-ring (bicyclic) bond motifs is 1. The summed E-state index contributed by atoms with van der Waals surface area (Å²) in [5.41, 5.74) is 4.37. The zero-order valence-electron chi connectivity index (χ0n) is 16.8. The Bertz CT molecular complexity index is 1010. The number of ether oxygens (including phenoxy) is 3. The van der Waals surface area contributed by atoms with Crippen LogP contribution in [0.2, 0.25) is 0 Å². The summed E-state index contributed by atoms with van der Waals surface area (Å²) in [7, 11) is 4.61. The highest BCUT2D eigenvalue weighted by Crippen LogP contribution is 2.40. The maximum Gasteiger partial charge on any atom is 0.228 e. The van der Waals surface area contributed by atoms with Gasteiger partial charge < -0.3 is 19.5 Å². The van der Waals surface area contributed by atoms with Gasteiger partial charge in [0.1, 0.15) is 0 Å². The number of amides is 1. The molecule has 0 radical (unpaired) electrons. The summed E-state index contributed by atoms with van der Waals surface area (Å²) in [6, 6.07) is 11.4. The minimum Gasteiger partial charge on any atom is -0.493 e. The molecule has 1 amide bonds. The molecule has 0 saturated carbocycles. The van der Waals surface area contributed by atoms with Crippen LogP contribution in [-0.4, -0.2) is 32.2 Å². The third kappa shape index (κ3) is 3.71. The number of hydrogen-bond acceptors (Lipinski definition) is 5. The summed E-state index contributed by atoms with van der Waals surface area (Å²) in [6.07, 6.45) is 0.228. The third-order valence-electron chi connectivity index (χ3n) is 4.77. The smallest absolute Gasteiger partial charge is 0.228 e. The van der Waals surface area contributed by atoms with Gasteiger partial charge in [-0.05, 0) is 31.0 Å². The van der Waals surface area contributed by atoms with E-state index in [9.17, 15) is 4.79 Å². The number of nitrogens with zero attached hydrogens (tertiary/aromatic N) is 1. The Labute approximate surface area is 164 Å². The van der Waals surface area contributed by atoms with Gasteiger partial charge in [0.15, 0.2) is 11.5 Å². The molecule has 3 rings (SSSR count). The van der Waals surface area contributed by atoms with Gasteiger partial charge in [-0.15, -0.1) is 0 Å². The number of pyridine rings is 1. The van der Waals surface area contributed by atoms with E-state index >= 15 is 0 Å². The maximum absolute atomic E-state index is 12.7. The van der Waals surface area contributed by atoms with Crippen molar-refractivity contribution < 1.29 is 19.0 Å². The summed E-state index contributed by atoms with van der Waals surface area (Å²) in [6.45, 7) is 3.96.